The molecule has 0 saturated heterocycles. The number of nitrogens with zero attached hydrogens (tertiary/aromatic N) is 4. The van der Waals surface area contributed by atoms with E-state index in [1.54, 1.807) is 12.1 Å². The van der Waals surface area contributed by atoms with Crippen LogP contribution in [0.5, 0.6) is 0 Å². The molecule has 0 bridgehead atoms. The number of hydrogen-bond donors (Lipinski definition) is 0. The SMILES string of the molecule is CC(C)(C)c1ccc(-c2[c-]cc(F)cc2)nc1.CC(C)c1cc(-c2ccccc2)cc(C(C)C)c1-n1c(-c2[c-]ccc3c2oc2cc4c(ccc5ccccc54)cc23)nc2ccccc21.C[Si](C)(C)c1ccc(-c2[c-]cc(F)cc2)nc1.[Ir+3]. The number of hydrogen-bond acceptors (Lipinski definition) is 4. The largest absolute Gasteiger partial charge is 3.00 e. The average Bonchev–Trinajstić information content (AvgIpc) is 2.20. The Hall–Kier alpha value is -8.20. The maximum absolute atomic E-state index is 12.8. The number of benzene rings is 9. The first-order valence-electron chi connectivity index (χ1n) is 28.1. The number of halogens is 2. The van der Waals surface area contributed by atoms with Gasteiger partial charge in [0, 0.05) is 35.1 Å². The molecule has 0 fully saturated rings. The van der Waals surface area contributed by atoms with Crippen LogP contribution < -0.4 is 5.19 Å². The van der Waals surface area contributed by atoms with Crippen LogP contribution in [0, 0.1) is 29.8 Å². The zero-order valence-electron chi connectivity index (χ0n) is 48.5. The van der Waals surface area contributed by atoms with Gasteiger partial charge in [-0.2, -0.15) is 0 Å². The Balaban J connectivity index is 0.000000179. The van der Waals surface area contributed by atoms with Gasteiger partial charge in [-0.05, 0) is 120 Å². The molecule has 0 aliphatic carbocycles. The molecule has 83 heavy (non-hydrogen) atoms. The third-order valence-corrected chi connectivity index (χ3v) is 17.2. The fourth-order valence-electron chi connectivity index (χ4n) is 10.6. The minimum atomic E-state index is -1.30. The Kier molecular flexibility index (Phi) is 16.7. The second-order valence-corrected chi connectivity index (χ2v) is 28.8. The zero-order valence-corrected chi connectivity index (χ0v) is 51.9. The number of pyridine rings is 2. The van der Waals surface area contributed by atoms with E-state index in [2.05, 4.69) is 234 Å². The molecule has 414 valence electrons. The van der Waals surface area contributed by atoms with Crippen molar-refractivity contribution >= 4 is 67.8 Å². The smallest absolute Gasteiger partial charge is 0.501 e. The fraction of sp³-hybridized carbons (Fsp3) is 0.176. The van der Waals surface area contributed by atoms with Gasteiger partial charge in [-0.25, -0.2) is 0 Å². The van der Waals surface area contributed by atoms with E-state index in [0.29, 0.717) is 0 Å². The van der Waals surface area contributed by atoms with Gasteiger partial charge in [0.2, 0.25) is 0 Å². The second-order valence-electron chi connectivity index (χ2n) is 23.7. The van der Waals surface area contributed by atoms with Crippen LogP contribution in [0.3, 0.4) is 0 Å². The van der Waals surface area contributed by atoms with Crippen molar-refractivity contribution in [2.75, 3.05) is 0 Å². The third-order valence-electron chi connectivity index (χ3n) is 15.2. The summed E-state index contributed by atoms with van der Waals surface area (Å²) in [6.07, 6.45) is 3.80. The molecule has 0 unspecified atom stereocenters. The molecule has 0 spiro atoms. The molecule has 0 amide bonds. The molecule has 4 heterocycles. The molecule has 13 rings (SSSR count). The van der Waals surface area contributed by atoms with Gasteiger partial charge in [0.25, 0.3) is 0 Å². The predicted octanol–water partition coefficient (Wildman–Crippen LogP) is 19.8. The molecule has 0 saturated carbocycles. The van der Waals surface area contributed by atoms with Gasteiger partial charge in [0.15, 0.2) is 0 Å². The topological polar surface area (TPSA) is 56.7 Å². The number of aromatic nitrogens is 4. The van der Waals surface area contributed by atoms with Crippen LogP contribution in [-0.2, 0) is 25.5 Å². The first-order valence-corrected chi connectivity index (χ1v) is 31.6. The summed E-state index contributed by atoms with van der Waals surface area (Å²) < 4.78 is 34.7. The predicted molar refractivity (Wildman–Crippen MR) is 340 cm³/mol. The van der Waals surface area contributed by atoms with Crippen LogP contribution in [0.25, 0.3) is 105 Å². The van der Waals surface area contributed by atoms with Gasteiger partial charge >= 0.3 is 20.1 Å². The molecular formula is C74H65F2IrN4OSi. The van der Waals surface area contributed by atoms with Gasteiger partial charge in [0.05, 0.1) is 30.5 Å². The van der Waals surface area contributed by atoms with Gasteiger partial charge in [-0.15, -0.1) is 77.9 Å². The van der Waals surface area contributed by atoms with E-state index in [-0.39, 0.29) is 49.0 Å². The molecule has 0 aliphatic rings. The van der Waals surface area contributed by atoms with E-state index in [4.69, 9.17) is 9.40 Å². The Bertz CT molecular complexity index is 4280. The normalized spacial score (nSPS) is 11.7. The van der Waals surface area contributed by atoms with Crippen LogP contribution >= 0.6 is 0 Å². The Labute approximate surface area is 500 Å². The van der Waals surface area contributed by atoms with Gasteiger partial charge < -0.3 is 19.0 Å². The summed E-state index contributed by atoms with van der Waals surface area (Å²) >= 11 is 0. The number of para-hydroxylation sites is 2. The van der Waals surface area contributed by atoms with Gasteiger partial charge in [-0.3, -0.25) is 13.8 Å². The maximum Gasteiger partial charge on any atom is 3.00 e. The summed E-state index contributed by atoms with van der Waals surface area (Å²) in [7, 11) is -1.30. The van der Waals surface area contributed by atoms with Crippen molar-refractivity contribution in [1.29, 1.82) is 0 Å². The average molecular weight is 1280 g/mol. The monoisotopic (exact) mass is 1280 g/mol. The van der Waals surface area contributed by atoms with Gasteiger partial charge in [0.1, 0.15) is 5.58 Å². The summed E-state index contributed by atoms with van der Waals surface area (Å²) in [6.45, 7) is 22.5. The number of rotatable bonds is 8. The van der Waals surface area contributed by atoms with Crippen LogP contribution in [0.4, 0.5) is 8.78 Å². The molecule has 13 aromatic rings. The number of fused-ring (bicyclic) bond motifs is 7. The van der Waals surface area contributed by atoms with E-state index in [9.17, 15) is 8.78 Å². The minimum absolute atomic E-state index is 0. The number of furan rings is 1. The first-order chi connectivity index (χ1) is 39.4. The van der Waals surface area contributed by atoms with Crippen molar-refractivity contribution in [3.05, 3.63) is 247 Å². The minimum Gasteiger partial charge on any atom is -0.501 e. The van der Waals surface area contributed by atoms with Crippen molar-refractivity contribution in [3.63, 3.8) is 0 Å². The van der Waals surface area contributed by atoms with Gasteiger partial charge in [-0.1, -0.05) is 182 Å². The van der Waals surface area contributed by atoms with Crippen LogP contribution in [-0.4, -0.2) is 27.6 Å². The van der Waals surface area contributed by atoms with Crippen LogP contribution in [0.15, 0.2) is 205 Å². The van der Waals surface area contributed by atoms with E-state index in [0.717, 1.165) is 66.9 Å². The quantitative estimate of drug-likeness (QED) is 0.0864. The molecule has 5 nitrogen and oxygen atoms in total. The standard InChI is InChI=1S/C45H35N2O.C15H15FN.C14H15FNSi.Ir/c1-27(2)36-24-32(29-13-6-5-7-14-29)25-37(28(3)4)43(36)47-41-20-11-10-19-40(41)46-45(47)35-18-12-17-34-39-23-31-22-21-30-15-8-9-16-33(30)38(31)26-42(39)48-44(34)35;1-15(2,3)12-6-9-14(17-10-12)11-4-7-13(16)8-5-11;1-17(2,3)13-8-9-14(16-10-13)11-4-6-12(15)7-5-11;/h5-17,19-28H,1-4H3;2*4,6-10H,1-3H3;/q3*-1;+3. The molecule has 0 aliphatic heterocycles. The summed E-state index contributed by atoms with van der Waals surface area (Å²) in [5.74, 6) is 0.853. The molecule has 0 atom stereocenters. The molecule has 4 aromatic heterocycles. The van der Waals surface area contributed by atoms with Crippen molar-refractivity contribution in [3.8, 4) is 50.7 Å². The Morgan fingerprint density at radius 3 is 1.76 bits per heavy atom. The molecule has 9 aromatic carbocycles. The summed E-state index contributed by atoms with van der Waals surface area (Å²) in [6, 6.07) is 71.9. The molecule has 0 N–H and O–H groups in total. The summed E-state index contributed by atoms with van der Waals surface area (Å²) in [5.41, 5.74) is 15.4. The fourth-order valence-corrected chi connectivity index (χ4v) is 11.6. The second kappa shape index (κ2) is 23.9. The number of imidazole rings is 1. The van der Waals surface area contributed by atoms with Crippen LogP contribution in [0.2, 0.25) is 19.6 Å². The van der Waals surface area contributed by atoms with E-state index < -0.39 is 8.07 Å². The van der Waals surface area contributed by atoms with Crippen molar-refractivity contribution < 1.29 is 33.3 Å². The summed E-state index contributed by atoms with van der Waals surface area (Å²) in [5, 5.41) is 8.34. The molecule has 0 radical (unpaired) electrons. The zero-order chi connectivity index (χ0) is 57.5. The maximum atomic E-state index is 12.8. The van der Waals surface area contributed by atoms with Crippen LogP contribution in [0.1, 0.15) is 77.0 Å². The van der Waals surface area contributed by atoms with E-state index in [1.165, 1.54) is 84.5 Å². The first kappa shape index (κ1) is 58.0. The van der Waals surface area contributed by atoms with Crippen molar-refractivity contribution in [1.82, 2.24) is 19.5 Å². The Morgan fingerprint density at radius 2 is 1.17 bits per heavy atom. The third kappa shape index (κ3) is 12.2. The molecular weight excluding hydrogens is 1220 g/mol. The molecule has 9 heteroatoms. The van der Waals surface area contributed by atoms with E-state index in [1.807, 2.05) is 30.6 Å². The van der Waals surface area contributed by atoms with E-state index >= 15 is 0 Å². The van der Waals surface area contributed by atoms with Crippen molar-refractivity contribution in [2.45, 2.75) is 85.4 Å². The Morgan fingerprint density at radius 1 is 0.554 bits per heavy atom. The summed E-state index contributed by atoms with van der Waals surface area (Å²) in [4.78, 5) is 14.1. The van der Waals surface area contributed by atoms with Crippen molar-refractivity contribution in [2.24, 2.45) is 0 Å².